The Labute approximate surface area is 152 Å². The van der Waals surface area contributed by atoms with Gasteiger partial charge < -0.3 is 10.2 Å². The van der Waals surface area contributed by atoms with E-state index in [0.717, 1.165) is 11.1 Å². The Morgan fingerprint density at radius 3 is 2.58 bits per heavy atom. The average molecular weight is 354 g/mol. The van der Waals surface area contributed by atoms with Crippen molar-refractivity contribution in [2.75, 3.05) is 20.6 Å². The molecule has 0 spiro atoms. The number of halogens is 1. The molecule has 1 unspecified atom stereocenters. The maximum absolute atomic E-state index is 14.6. The number of hydrogen-bond acceptors (Lipinski definition) is 3. The van der Waals surface area contributed by atoms with Gasteiger partial charge in [-0.3, -0.25) is 9.20 Å². The summed E-state index contributed by atoms with van der Waals surface area (Å²) in [5.74, 6) is -1.14. The number of imidazole rings is 1. The van der Waals surface area contributed by atoms with Gasteiger partial charge in [0.2, 0.25) is 5.95 Å². The first-order chi connectivity index (χ1) is 12.4. The molecule has 26 heavy (non-hydrogen) atoms. The summed E-state index contributed by atoms with van der Waals surface area (Å²) >= 11 is 0. The Morgan fingerprint density at radius 1 is 1.19 bits per heavy atom. The predicted molar refractivity (Wildman–Crippen MR) is 99.8 cm³/mol. The molecular weight excluding hydrogens is 331 g/mol. The molecule has 2 heterocycles. The van der Waals surface area contributed by atoms with Crippen LogP contribution in [0.25, 0.3) is 5.65 Å². The van der Waals surface area contributed by atoms with E-state index >= 15 is 0 Å². The van der Waals surface area contributed by atoms with Gasteiger partial charge in [-0.1, -0.05) is 30.3 Å². The minimum absolute atomic E-state index is 0.0121. The van der Waals surface area contributed by atoms with Crippen molar-refractivity contribution in [2.45, 2.75) is 19.9 Å². The van der Waals surface area contributed by atoms with Crippen LogP contribution in [0.3, 0.4) is 0 Å². The molecule has 3 rings (SSSR count). The molecule has 0 aliphatic rings. The van der Waals surface area contributed by atoms with Crippen LogP contribution in [0.5, 0.6) is 0 Å². The number of pyridine rings is 1. The first-order valence-corrected chi connectivity index (χ1v) is 8.54. The van der Waals surface area contributed by atoms with Gasteiger partial charge >= 0.3 is 0 Å². The Hall–Kier alpha value is -2.73. The number of likely N-dealkylation sites (N-methyl/N-ethyl adjacent to an activating group) is 1. The third-order valence-corrected chi connectivity index (χ3v) is 4.62. The van der Waals surface area contributed by atoms with Gasteiger partial charge in [-0.2, -0.15) is 4.39 Å². The molecule has 0 aliphatic carbocycles. The van der Waals surface area contributed by atoms with Crippen molar-refractivity contribution in [1.29, 1.82) is 0 Å². The summed E-state index contributed by atoms with van der Waals surface area (Å²) in [6, 6.07) is 13.3. The molecule has 0 saturated heterocycles. The number of nitrogens with zero attached hydrogens (tertiary/aromatic N) is 3. The van der Waals surface area contributed by atoms with E-state index in [9.17, 15) is 9.18 Å². The maximum atomic E-state index is 14.6. The number of nitrogens with one attached hydrogen (secondary N) is 1. The van der Waals surface area contributed by atoms with Gasteiger partial charge in [0.15, 0.2) is 5.69 Å². The minimum atomic E-state index is -0.632. The normalized spacial score (nSPS) is 12.5. The molecule has 1 atom stereocenters. The highest BCUT2D eigenvalue weighted by Gasteiger charge is 2.22. The van der Waals surface area contributed by atoms with E-state index in [-0.39, 0.29) is 11.7 Å². The second-order valence-corrected chi connectivity index (χ2v) is 6.66. The van der Waals surface area contributed by atoms with Crippen molar-refractivity contribution >= 4 is 11.6 Å². The lowest BCUT2D eigenvalue weighted by Crippen LogP contribution is -2.35. The molecule has 3 aromatic rings. The molecule has 0 aliphatic heterocycles. The number of benzene rings is 1. The summed E-state index contributed by atoms with van der Waals surface area (Å²) in [5, 5.41) is 2.83. The van der Waals surface area contributed by atoms with Crippen molar-refractivity contribution < 1.29 is 9.18 Å². The van der Waals surface area contributed by atoms with Gasteiger partial charge in [-0.25, -0.2) is 4.98 Å². The molecule has 1 aromatic carbocycles. The lowest BCUT2D eigenvalue weighted by atomic mass is 10.0. The molecule has 0 fully saturated rings. The third kappa shape index (κ3) is 3.32. The number of rotatable bonds is 5. The fraction of sp³-hybridized carbons (Fsp3) is 0.300. The molecule has 136 valence electrons. The lowest BCUT2D eigenvalue weighted by molar-refractivity contribution is 0.0932. The van der Waals surface area contributed by atoms with Crippen molar-refractivity contribution in [3.63, 3.8) is 0 Å². The van der Waals surface area contributed by atoms with E-state index < -0.39 is 11.9 Å². The molecule has 1 amide bonds. The second kappa shape index (κ2) is 7.25. The largest absolute Gasteiger partial charge is 0.349 e. The molecule has 5 nitrogen and oxygen atoms in total. The summed E-state index contributed by atoms with van der Waals surface area (Å²) in [5.41, 5.74) is 3.22. The number of amides is 1. The highest BCUT2D eigenvalue weighted by atomic mass is 19.1. The molecule has 6 heteroatoms. The summed E-state index contributed by atoms with van der Waals surface area (Å²) in [4.78, 5) is 18.7. The van der Waals surface area contributed by atoms with E-state index in [2.05, 4.69) is 10.3 Å². The van der Waals surface area contributed by atoms with E-state index in [1.54, 1.807) is 25.1 Å². The monoisotopic (exact) mass is 354 g/mol. The van der Waals surface area contributed by atoms with Crippen molar-refractivity contribution in [3.05, 3.63) is 70.9 Å². The minimum Gasteiger partial charge on any atom is -0.349 e. The summed E-state index contributed by atoms with van der Waals surface area (Å²) in [7, 11) is 3.91. The zero-order chi connectivity index (χ0) is 18.8. The average Bonchev–Trinajstić information content (AvgIpc) is 2.94. The Morgan fingerprint density at radius 2 is 1.92 bits per heavy atom. The fourth-order valence-corrected chi connectivity index (χ4v) is 3.16. The number of carbonyl (C=O) groups is 1. The summed E-state index contributed by atoms with van der Waals surface area (Å²) in [6.07, 6.45) is 0. The predicted octanol–water partition coefficient (Wildman–Crippen LogP) is 3.12. The number of fused-ring (bicyclic) bond motifs is 1. The Kier molecular flexibility index (Phi) is 5.04. The van der Waals surface area contributed by atoms with Crippen LogP contribution in [0, 0.1) is 19.8 Å². The number of aromatic nitrogens is 2. The van der Waals surface area contributed by atoms with Gasteiger partial charge in [0.1, 0.15) is 5.65 Å². The molecular formula is C20H23FN4O. The van der Waals surface area contributed by atoms with Gasteiger partial charge in [0.05, 0.1) is 6.04 Å². The van der Waals surface area contributed by atoms with E-state index in [1.807, 2.05) is 50.2 Å². The number of carbonyl (C=O) groups excluding carboxylic acids is 1. The zero-order valence-corrected chi connectivity index (χ0v) is 15.5. The van der Waals surface area contributed by atoms with Gasteiger partial charge in [-0.05, 0) is 51.2 Å². The SMILES string of the molecule is Cc1ccccc1C(CNC(=O)c1nc2cccc(C)n2c1F)N(C)C. The third-order valence-electron chi connectivity index (χ3n) is 4.62. The molecule has 2 aromatic heterocycles. The van der Waals surface area contributed by atoms with Crippen LogP contribution in [0.15, 0.2) is 42.5 Å². The van der Waals surface area contributed by atoms with Crippen LogP contribution in [-0.2, 0) is 0 Å². The van der Waals surface area contributed by atoms with Crippen LogP contribution >= 0.6 is 0 Å². The Bertz CT molecular complexity index is 948. The van der Waals surface area contributed by atoms with Gasteiger partial charge in [0.25, 0.3) is 5.91 Å². The van der Waals surface area contributed by atoms with E-state index in [4.69, 9.17) is 0 Å². The molecule has 0 radical (unpaired) electrons. The lowest BCUT2D eigenvalue weighted by Gasteiger charge is -2.26. The number of aryl methyl sites for hydroxylation is 2. The topological polar surface area (TPSA) is 49.6 Å². The highest BCUT2D eigenvalue weighted by molar-refractivity contribution is 5.93. The second-order valence-electron chi connectivity index (χ2n) is 6.66. The smallest absolute Gasteiger partial charge is 0.274 e. The molecule has 0 bridgehead atoms. The number of hydrogen-bond donors (Lipinski definition) is 1. The van der Waals surface area contributed by atoms with Crippen LogP contribution in [0.2, 0.25) is 0 Å². The van der Waals surface area contributed by atoms with E-state index in [0.29, 0.717) is 17.9 Å². The quantitative estimate of drug-likeness (QED) is 0.766. The van der Waals surface area contributed by atoms with Gasteiger partial charge in [-0.15, -0.1) is 0 Å². The maximum Gasteiger partial charge on any atom is 0.274 e. The molecule has 0 saturated carbocycles. The van der Waals surface area contributed by atoms with Crippen LogP contribution in [-0.4, -0.2) is 40.8 Å². The van der Waals surface area contributed by atoms with Crippen LogP contribution in [0.1, 0.15) is 33.4 Å². The highest BCUT2D eigenvalue weighted by Crippen LogP contribution is 2.21. The fourth-order valence-electron chi connectivity index (χ4n) is 3.16. The summed E-state index contributed by atoms with van der Waals surface area (Å²) < 4.78 is 16.0. The standard InChI is InChI=1S/C20H23FN4O/c1-13-8-5-6-10-15(13)16(24(3)4)12-22-20(26)18-19(21)25-14(2)9-7-11-17(25)23-18/h5-11,16H,12H2,1-4H3,(H,22,26). The first kappa shape index (κ1) is 18.1. The van der Waals surface area contributed by atoms with Crippen LogP contribution in [0.4, 0.5) is 4.39 Å². The molecule has 1 N–H and O–H groups in total. The van der Waals surface area contributed by atoms with Gasteiger partial charge in [0, 0.05) is 12.2 Å². The Balaban J connectivity index is 1.83. The van der Waals surface area contributed by atoms with Crippen molar-refractivity contribution in [1.82, 2.24) is 19.6 Å². The van der Waals surface area contributed by atoms with Crippen LogP contribution < -0.4 is 5.32 Å². The van der Waals surface area contributed by atoms with Crippen molar-refractivity contribution in [2.24, 2.45) is 0 Å². The van der Waals surface area contributed by atoms with E-state index in [1.165, 1.54) is 4.40 Å². The first-order valence-electron chi connectivity index (χ1n) is 8.54. The van der Waals surface area contributed by atoms with Crippen molar-refractivity contribution in [3.8, 4) is 0 Å². The zero-order valence-electron chi connectivity index (χ0n) is 15.5. The summed E-state index contributed by atoms with van der Waals surface area (Å²) in [6.45, 7) is 4.18.